The molecule has 1 aromatic rings. The van der Waals surface area contributed by atoms with Crippen LogP contribution in [0, 0.1) is 0 Å². The van der Waals surface area contributed by atoms with Crippen molar-refractivity contribution in [2.24, 2.45) is 0 Å². The number of thioether (sulfide) groups is 1. The van der Waals surface area contributed by atoms with Crippen LogP contribution in [0.15, 0.2) is 18.3 Å². The van der Waals surface area contributed by atoms with E-state index in [4.69, 9.17) is 5.11 Å². The summed E-state index contributed by atoms with van der Waals surface area (Å²) in [6.07, 6.45) is 3.66. The highest BCUT2D eigenvalue weighted by Gasteiger charge is 2.06. The van der Waals surface area contributed by atoms with E-state index in [-0.39, 0.29) is 17.3 Å². The molecule has 0 saturated carbocycles. The van der Waals surface area contributed by atoms with Gasteiger partial charge in [0, 0.05) is 18.4 Å². The van der Waals surface area contributed by atoms with Gasteiger partial charge in [0.05, 0.1) is 5.56 Å². The quantitative estimate of drug-likeness (QED) is 0.814. The zero-order valence-electron chi connectivity index (χ0n) is 8.77. The van der Waals surface area contributed by atoms with Crippen molar-refractivity contribution in [2.75, 3.05) is 17.3 Å². The molecular weight excluding hydrogens is 228 g/mol. The van der Waals surface area contributed by atoms with Crippen LogP contribution in [0.3, 0.4) is 0 Å². The highest BCUT2D eigenvalue weighted by molar-refractivity contribution is 7.98. The maximum atomic E-state index is 11.3. The van der Waals surface area contributed by atoms with Crippen LogP contribution in [-0.4, -0.2) is 34.0 Å². The fraction of sp³-hybridized carbons (Fsp3) is 0.300. The number of aromatic nitrogens is 1. The van der Waals surface area contributed by atoms with E-state index < -0.39 is 5.97 Å². The molecule has 0 fully saturated rings. The Hall–Kier alpha value is -1.56. The molecular formula is C10H12N2O3S. The van der Waals surface area contributed by atoms with Crippen LogP contribution in [0.1, 0.15) is 16.8 Å². The number of carbonyl (C=O) groups excluding carboxylic acids is 1. The molecule has 1 rings (SSSR count). The fourth-order valence-electron chi connectivity index (χ4n) is 1.03. The molecule has 5 nitrogen and oxygen atoms in total. The summed E-state index contributed by atoms with van der Waals surface area (Å²) in [5.41, 5.74) is 0.107. The van der Waals surface area contributed by atoms with Crippen LogP contribution in [0.5, 0.6) is 0 Å². The summed E-state index contributed by atoms with van der Waals surface area (Å²) in [5.74, 6) is -0.206. The van der Waals surface area contributed by atoms with Gasteiger partial charge in [-0.2, -0.15) is 11.8 Å². The van der Waals surface area contributed by atoms with Gasteiger partial charge in [0.15, 0.2) is 0 Å². The van der Waals surface area contributed by atoms with Crippen molar-refractivity contribution >= 4 is 29.5 Å². The lowest BCUT2D eigenvalue weighted by Crippen LogP contribution is -2.13. The standard InChI is InChI=1S/C10H12N2O3S/c1-16-5-3-9(13)12-8-6-7(10(14)15)2-4-11-8/h2,4,6H,3,5H2,1H3,(H,14,15)(H,11,12,13). The Kier molecular flexibility index (Phi) is 4.78. The van der Waals surface area contributed by atoms with E-state index >= 15 is 0 Å². The number of carbonyl (C=O) groups is 2. The van der Waals surface area contributed by atoms with Gasteiger partial charge in [-0.3, -0.25) is 4.79 Å². The van der Waals surface area contributed by atoms with Gasteiger partial charge in [-0.1, -0.05) is 0 Å². The average Bonchev–Trinajstić information content (AvgIpc) is 2.26. The van der Waals surface area contributed by atoms with Crippen LogP contribution < -0.4 is 5.32 Å². The summed E-state index contributed by atoms with van der Waals surface area (Å²) in [4.78, 5) is 25.9. The lowest BCUT2D eigenvalue weighted by Gasteiger charge is -2.04. The summed E-state index contributed by atoms with van der Waals surface area (Å²) < 4.78 is 0. The summed E-state index contributed by atoms with van der Waals surface area (Å²) in [6, 6.07) is 2.71. The molecule has 0 unspecified atom stereocenters. The predicted octanol–water partition coefficient (Wildman–Crippen LogP) is 1.47. The fourth-order valence-corrected chi connectivity index (χ4v) is 1.42. The lowest BCUT2D eigenvalue weighted by atomic mass is 10.2. The largest absolute Gasteiger partial charge is 0.478 e. The molecule has 0 aliphatic carbocycles. The second-order valence-corrected chi connectivity index (χ2v) is 4.01. The molecule has 1 aromatic heterocycles. The van der Waals surface area contributed by atoms with Gasteiger partial charge in [0.1, 0.15) is 5.82 Å². The Balaban J connectivity index is 2.63. The van der Waals surface area contributed by atoms with Gasteiger partial charge in [-0.25, -0.2) is 9.78 Å². The number of aromatic carboxylic acids is 1. The summed E-state index contributed by atoms with van der Waals surface area (Å²) in [5, 5.41) is 11.3. The Morgan fingerprint density at radius 2 is 2.31 bits per heavy atom. The number of pyridine rings is 1. The number of hydrogen-bond donors (Lipinski definition) is 2. The SMILES string of the molecule is CSCCC(=O)Nc1cc(C(=O)O)ccn1. The Morgan fingerprint density at radius 1 is 1.56 bits per heavy atom. The first-order chi connectivity index (χ1) is 7.63. The molecule has 0 saturated heterocycles. The first-order valence-electron chi connectivity index (χ1n) is 4.61. The van der Waals surface area contributed by atoms with Crippen LogP contribution in [0.25, 0.3) is 0 Å². The van der Waals surface area contributed by atoms with Crippen molar-refractivity contribution in [1.82, 2.24) is 4.98 Å². The molecule has 16 heavy (non-hydrogen) atoms. The zero-order chi connectivity index (χ0) is 12.0. The second kappa shape index (κ2) is 6.12. The molecule has 0 bridgehead atoms. The van der Waals surface area contributed by atoms with E-state index in [1.807, 2.05) is 6.26 Å². The molecule has 0 radical (unpaired) electrons. The third-order valence-electron chi connectivity index (χ3n) is 1.81. The number of carboxylic acid groups (broad SMARTS) is 1. The van der Waals surface area contributed by atoms with Gasteiger partial charge in [-0.15, -0.1) is 0 Å². The number of nitrogens with one attached hydrogen (secondary N) is 1. The van der Waals surface area contributed by atoms with Gasteiger partial charge in [0.25, 0.3) is 0 Å². The predicted molar refractivity (Wildman–Crippen MR) is 62.8 cm³/mol. The summed E-state index contributed by atoms with van der Waals surface area (Å²) in [6.45, 7) is 0. The van der Waals surface area contributed by atoms with Crippen molar-refractivity contribution in [2.45, 2.75) is 6.42 Å². The molecule has 1 amide bonds. The number of carboxylic acids is 1. The number of anilines is 1. The molecule has 2 N–H and O–H groups in total. The van der Waals surface area contributed by atoms with E-state index in [1.54, 1.807) is 11.8 Å². The minimum atomic E-state index is -1.04. The van der Waals surface area contributed by atoms with Crippen LogP contribution in [-0.2, 0) is 4.79 Å². The third-order valence-corrected chi connectivity index (χ3v) is 2.42. The number of nitrogens with zero attached hydrogens (tertiary/aromatic N) is 1. The molecule has 86 valence electrons. The van der Waals surface area contributed by atoms with Gasteiger partial charge >= 0.3 is 5.97 Å². The molecule has 0 atom stereocenters. The van der Waals surface area contributed by atoms with Gasteiger partial charge < -0.3 is 10.4 Å². The molecule has 1 heterocycles. The summed E-state index contributed by atoms with van der Waals surface area (Å²) in [7, 11) is 0. The first-order valence-corrected chi connectivity index (χ1v) is 6.01. The van der Waals surface area contributed by atoms with Crippen molar-refractivity contribution in [1.29, 1.82) is 0 Å². The third kappa shape index (κ3) is 3.90. The Morgan fingerprint density at radius 3 is 2.94 bits per heavy atom. The van der Waals surface area contributed by atoms with Crippen LogP contribution in [0.4, 0.5) is 5.82 Å². The molecule has 0 aliphatic rings. The number of hydrogen-bond acceptors (Lipinski definition) is 4. The second-order valence-electron chi connectivity index (χ2n) is 3.03. The van der Waals surface area contributed by atoms with Crippen molar-refractivity contribution in [3.05, 3.63) is 23.9 Å². The van der Waals surface area contributed by atoms with Crippen molar-refractivity contribution in [3.8, 4) is 0 Å². The van der Waals surface area contributed by atoms with Crippen LogP contribution in [0.2, 0.25) is 0 Å². The summed E-state index contributed by atoms with van der Waals surface area (Å²) >= 11 is 1.57. The van der Waals surface area contributed by atoms with E-state index in [0.29, 0.717) is 6.42 Å². The molecule has 0 aromatic carbocycles. The minimum Gasteiger partial charge on any atom is -0.478 e. The highest BCUT2D eigenvalue weighted by Crippen LogP contribution is 2.07. The lowest BCUT2D eigenvalue weighted by molar-refractivity contribution is -0.115. The molecule has 0 aliphatic heterocycles. The zero-order valence-corrected chi connectivity index (χ0v) is 9.58. The maximum absolute atomic E-state index is 11.3. The molecule has 0 spiro atoms. The normalized spacial score (nSPS) is 9.81. The van der Waals surface area contributed by atoms with Crippen LogP contribution >= 0.6 is 11.8 Å². The van der Waals surface area contributed by atoms with Crippen molar-refractivity contribution in [3.63, 3.8) is 0 Å². The first kappa shape index (κ1) is 12.5. The van der Waals surface area contributed by atoms with E-state index in [0.717, 1.165) is 5.75 Å². The van der Waals surface area contributed by atoms with E-state index in [9.17, 15) is 9.59 Å². The van der Waals surface area contributed by atoms with E-state index in [1.165, 1.54) is 18.3 Å². The van der Waals surface area contributed by atoms with Crippen molar-refractivity contribution < 1.29 is 14.7 Å². The number of rotatable bonds is 5. The minimum absolute atomic E-state index is 0.107. The highest BCUT2D eigenvalue weighted by atomic mass is 32.2. The van der Waals surface area contributed by atoms with E-state index in [2.05, 4.69) is 10.3 Å². The van der Waals surface area contributed by atoms with Gasteiger partial charge in [-0.05, 0) is 18.4 Å². The average molecular weight is 240 g/mol. The Labute approximate surface area is 97.3 Å². The molecule has 6 heteroatoms. The van der Waals surface area contributed by atoms with Gasteiger partial charge in [0.2, 0.25) is 5.91 Å². The monoisotopic (exact) mass is 240 g/mol. The maximum Gasteiger partial charge on any atom is 0.335 e. The smallest absolute Gasteiger partial charge is 0.335 e. The number of amides is 1. The Bertz CT molecular complexity index is 395. The topological polar surface area (TPSA) is 79.3 Å².